The minimum absolute atomic E-state index is 0.433. The lowest BCUT2D eigenvalue weighted by atomic mass is 10.5. The van der Waals surface area contributed by atoms with Gasteiger partial charge in [0.2, 0.25) is 5.78 Å². The predicted molar refractivity (Wildman–Crippen MR) is 54.4 cm³/mol. The maximum atomic E-state index is 9.54. The molecule has 2 aromatic rings. The average Bonchev–Trinajstić information content (AvgIpc) is 2.68. The molecule has 0 saturated heterocycles. The van der Waals surface area contributed by atoms with E-state index in [1.807, 2.05) is 0 Å². The summed E-state index contributed by atoms with van der Waals surface area (Å²) in [6.45, 7) is 1.00. The molecule has 2 heterocycles. The van der Waals surface area contributed by atoms with E-state index in [2.05, 4.69) is 19.9 Å². The summed E-state index contributed by atoms with van der Waals surface area (Å²) in [7, 11) is 0. The quantitative estimate of drug-likeness (QED) is 0.559. The second-order valence-corrected chi connectivity index (χ2v) is 2.72. The molecule has 0 spiro atoms. The van der Waals surface area contributed by atoms with E-state index in [0.717, 1.165) is 6.92 Å². The molecule has 2 aromatic heterocycles. The van der Waals surface area contributed by atoms with Crippen molar-refractivity contribution in [3.8, 4) is 0 Å². The van der Waals surface area contributed by atoms with Gasteiger partial charge in [0.25, 0.3) is 0 Å². The lowest BCUT2D eigenvalue weighted by Gasteiger charge is -1.89. The number of carboxylic acids is 1. The van der Waals surface area contributed by atoms with Gasteiger partial charge in [-0.3, -0.25) is 4.79 Å². The maximum Gasteiger partial charge on any atom is 0.371 e. The number of hydrogen-bond acceptors (Lipinski definition) is 6. The first-order valence-electron chi connectivity index (χ1n) is 4.15. The Hall–Kier alpha value is -2.51. The molecule has 0 unspecified atom stereocenters. The monoisotopic (exact) mass is 223 g/mol. The summed E-state index contributed by atoms with van der Waals surface area (Å²) in [4.78, 5) is 33.3. The van der Waals surface area contributed by atoms with Gasteiger partial charge in [-0.05, 0) is 0 Å². The third-order valence-corrected chi connectivity index (χ3v) is 1.55. The Morgan fingerprint density at radius 1 is 1.38 bits per heavy atom. The Balaban J connectivity index is 0.000000187. The maximum absolute atomic E-state index is 9.54. The van der Waals surface area contributed by atoms with Crippen molar-refractivity contribution in [2.75, 3.05) is 5.73 Å². The third-order valence-electron chi connectivity index (χ3n) is 1.55. The molecule has 84 valence electrons. The first-order chi connectivity index (χ1) is 7.52. The van der Waals surface area contributed by atoms with Gasteiger partial charge in [-0.15, -0.1) is 0 Å². The number of nitrogens with one attached hydrogen (secondary N) is 1. The van der Waals surface area contributed by atoms with Gasteiger partial charge in [-0.2, -0.15) is 0 Å². The molecule has 0 saturated carbocycles. The Bertz CT molecular complexity index is 509. The minimum Gasteiger partial charge on any atom is -0.476 e. The fraction of sp³-hybridized carbons (Fsp3) is 0.125. The molecular weight excluding hydrogens is 214 g/mol. The van der Waals surface area contributed by atoms with Crippen LogP contribution in [0.25, 0.3) is 11.2 Å². The number of Topliss-reactive ketones (excluding diaryl/α,β-unsaturated/α-hetero) is 1. The zero-order valence-electron chi connectivity index (χ0n) is 8.34. The number of aliphatic carboxylic acids is 1. The number of carboxylic acid groups (broad SMARTS) is 1. The highest BCUT2D eigenvalue weighted by Gasteiger charge is 1.99. The molecule has 4 N–H and O–H groups in total. The standard InChI is InChI=1S/C5H5N5.C3H4O3/c6-4-3-5(9-1-7-3)10-2-8-4;1-2(4)3(5)6/h1-2H,(H3,6,7,8,9,10);1H3,(H,5,6). The number of hydrogen-bond donors (Lipinski definition) is 3. The van der Waals surface area contributed by atoms with Gasteiger partial charge in [0.15, 0.2) is 11.5 Å². The highest BCUT2D eigenvalue weighted by molar-refractivity contribution is 6.31. The van der Waals surface area contributed by atoms with Crippen molar-refractivity contribution in [2.24, 2.45) is 0 Å². The fourth-order valence-corrected chi connectivity index (χ4v) is 0.784. The Morgan fingerprint density at radius 2 is 2.00 bits per heavy atom. The van der Waals surface area contributed by atoms with Crippen LogP contribution in [0.2, 0.25) is 0 Å². The average molecular weight is 223 g/mol. The smallest absolute Gasteiger partial charge is 0.371 e. The van der Waals surface area contributed by atoms with E-state index >= 15 is 0 Å². The first kappa shape index (κ1) is 11.6. The summed E-state index contributed by atoms with van der Waals surface area (Å²) < 4.78 is 0. The Labute approximate surface area is 89.5 Å². The van der Waals surface area contributed by atoms with E-state index < -0.39 is 11.8 Å². The van der Waals surface area contributed by atoms with Gasteiger partial charge in [-0.25, -0.2) is 19.7 Å². The van der Waals surface area contributed by atoms with Crippen LogP contribution in [0.5, 0.6) is 0 Å². The summed E-state index contributed by atoms with van der Waals surface area (Å²) in [6, 6.07) is 0. The number of fused-ring (bicyclic) bond motifs is 1. The summed E-state index contributed by atoms with van der Waals surface area (Å²) in [5, 5.41) is 7.64. The van der Waals surface area contributed by atoms with Crippen LogP contribution in [0.1, 0.15) is 6.92 Å². The topological polar surface area (TPSA) is 135 Å². The summed E-state index contributed by atoms with van der Waals surface area (Å²) >= 11 is 0. The number of H-pyrrole nitrogens is 1. The van der Waals surface area contributed by atoms with Gasteiger partial charge in [0.05, 0.1) is 6.33 Å². The normalized spacial score (nSPS) is 9.31. The second-order valence-electron chi connectivity index (χ2n) is 2.72. The van der Waals surface area contributed by atoms with Crippen LogP contribution >= 0.6 is 0 Å². The largest absolute Gasteiger partial charge is 0.476 e. The zero-order valence-corrected chi connectivity index (χ0v) is 8.34. The summed E-state index contributed by atoms with van der Waals surface area (Å²) in [5.41, 5.74) is 6.78. The second kappa shape index (κ2) is 4.82. The SMILES string of the molecule is CC(=O)C(=O)O.Nc1ncnc2nc[nH]c12. The third kappa shape index (κ3) is 2.74. The van der Waals surface area contributed by atoms with Gasteiger partial charge >= 0.3 is 5.97 Å². The molecule has 0 aromatic carbocycles. The van der Waals surface area contributed by atoms with E-state index in [9.17, 15) is 9.59 Å². The predicted octanol–water partition coefficient (Wildman–Crippen LogP) is -0.405. The number of rotatable bonds is 1. The molecule has 8 nitrogen and oxygen atoms in total. The molecule has 0 aliphatic heterocycles. The molecule has 0 bridgehead atoms. The molecule has 16 heavy (non-hydrogen) atoms. The molecular formula is C8H9N5O3. The number of ketones is 1. The highest BCUT2D eigenvalue weighted by atomic mass is 16.4. The van der Waals surface area contributed by atoms with Gasteiger partial charge in [0.1, 0.15) is 11.8 Å². The highest BCUT2D eigenvalue weighted by Crippen LogP contribution is 2.09. The summed E-state index contributed by atoms with van der Waals surface area (Å²) in [6.07, 6.45) is 2.92. The lowest BCUT2D eigenvalue weighted by molar-refractivity contribution is -0.148. The van der Waals surface area contributed by atoms with Crippen molar-refractivity contribution >= 4 is 28.7 Å². The molecule has 2 rings (SSSR count). The van der Waals surface area contributed by atoms with Crippen molar-refractivity contribution in [1.82, 2.24) is 19.9 Å². The van der Waals surface area contributed by atoms with Gasteiger partial charge < -0.3 is 15.8 Å². The van der Waals surface area contributed by atoms with Crippen LogP contribution in [-0.4, -0.2) is 36.8 Å². The Kier molecular flexibility index (Phi) is 3.49. The van der Waals surface area contributed by atoms with Crippen LogP contribution in [0.4, 0.5) is 5.82 Å². The van der Waals surface area contributed by atoms with E-state index in [-0.39, 0.29) is 0 Å². The first-order valence-corrected chi connectivity index (χ1v) is 4.15. The summed E-state index contributed by atoms with van der Waals surface area (Å²) in [5.74, 6) is -1.77. The van der Waals surface area contributed by atoms with E-state index in [4.69, 9.17) is 10.8 Å². The zero-order chi connectivity index (χ0) is 12.1. The number of aromatic nitrogens is 4. The lowest BCUT2D eigenvalue weighted by Crippen LogP contribution is -2.05. The van der Waals surface area contributed by atoms with Crippen LogP contribution in [0, 0.1) is 0 Å². The number of anilines is 1. The van der Waals surface area contributed by atoms with Crippen LogP contribution in [-0.2, 0) is 9.59 Å². The molecule has 0 amide bonds. The number of nitrogens with two attached hydrogens (primary N) is 1. The number of imidazole rings is 1. The van der Waals surface area contributed by atoms with Crippen molar-refractivity contribution in [1.29, 1.82) is 0 Å². The van der Waals surface area contributed by atoms with Gasteiger partial charge in [0, 0.05) is 6.92 Å². The molecule has 0 fully saturated rings. The molecule has 0 radical (unpaired) electrons. The molecule has 0 aliphatic rings. The molecule has 8 heteroatoms. The number of aromatic amines is 1. The van der Waals surface area contributed by atoms with E-state index in [1.165, 1.54) is 12.7 Å². The van der Waals surface area contributed by atoms with E-state index in [1.54, 1.807) is 0 Å². The number of nitrogens with zero attached hydrogens (tertiary/aromatic N) is 3. The van der Waals surface area contributed by atoms with Crippen molar-refractivity contribution < 1.29 is 14.7 Å². The van der Waals surface area contributed by atoms with Gasteiger partial charge in [-0.1, -0.05) is 0 Å². The van der Waals surface area contributed by atoms with Crippen LogP contribution < -0.4 is 5.73 Å². The van der Waals surface area contributed by atoms with Crippen molar-refractivity contribution in [3.63, 3.8) is 0 Å². The van der Waals surface area contributed by atoms with E-state index in [0.29, 0.717) is 17.0 Å². The van der Waals surface area contributed by atoms with Crippen LogP contribution in [0.15, 0.2) is 12.7 Å². The molecule has 0 aliphatic carbocycles. The Morgan fingerprint density at radius 3 is 2.50 bits per heavy atom. The number of carbonyl (C=O) groups is 2. The number of carbonyl (C=O) groups excluding carboxylic acids is 1. The molecule has 0 atom stereocenters. The number of nitrogen functional groups attached to an aromatic ring is 1. The minimum atomic E-state index is -1.38. The fourth-order valence-electron chi connectivity index (χ4n) is 0.784. The van der Waals surface area contributed by atoms with Crippen molar-refractivity contribution in [3.05, 3.63) is 12.7 Å². The van der Waals surface area contributed by atoms with Crippen LogP contribution in [0.3, 0.4) is 0 Å². The van der Waals surface area contributed by atoms with Crippen molar-refractivity contribution in [2.45, 2.75) is 6.92 Å².